The van der Waals surface area contributed by atoms with E-state index in [1.54, 1.807) is 37.3 Å². The summed E-state index contributed by atoms with van der Waals surface area (Å²) in [6.45, 7) is 3.71. The molecule has 0 aliphatic heterocycles. The van der Waals surface area contributed by atoms with Crippen LogP contribution in [0.25, 0.3) is 11.3 Å². The van der Waals surface area contributed by atoms with Gasteiger partial charge in [0, 0.05) is 21.7 Å². The summed E-state index contributed by atoms with van der Waals surface area (Å²) >= 11 is 6.15. The first kappa shape index (κ1) is 15.7. The Morgan fingerprint density at radius 2 is 1.40 bits per heavy atom. The zero-order valence-corrected chi connectivity index (χ0v) is 14.4. The van der Waals surface area contributed by atoms with E-state index in [1.165, 1.54) is 0 Å². The van der Waals surface area contributed by atoms with E-state index in [4.69, 9.17) is 11.6 Å². The normalized spacial score (nSPS) is 12.8. The van der Waals surface area contributed by atoms with Crippen molar-refractivity contribution in [1.29, 1.82) is 0 Å². The molecule has 1 aromatic heterocycles. The van der Waals surface area contributed by atoms with Gasteiger partial charge in [-0.15, -0.1) is 0 Å². The van der Waals surface area contributed by atoms with Crippen molar-refractivity contribution in [3.8, 4) is 11.3 Å². The number of halogens is 1. The molecule has 0 spiro atoms. The first-order valence-corrected chi connectivity index (χ1v) is 8.18. The van der Waals surface area contributed by atoms with E-state index in [0.717, 1.165) is 11.1 Å². The number of carbonyl (C=O) groups is 2. The number of aryl methyl sites for hydroxylation is 2. The minimum Gasteiger partial charge on any atom is -0.287 e. The van der Waals surface area contributed by atoms with Gasteiger partial charge in [0.2, 0.25) is 11.6 Å². The van der Waals surface area contributed by atoms with Gasteiger partial charge < -0.3 is 0 Å². The lowest BCUT2D eigenvalue weighted by atomic mass is 9.89. The van der Waals surface area contributed by atoms with Crippen molar-refractivity contribution in [1.82, 2.24) is 9.97 Å². The van der Waals surface area contributed by atoms with Crippen molar-refractivity contribution in [3.63, 3.8) is 0 Å². The third kappa shape index (κ3) is 2.46. The molecule has 0 fully saturated rings. The summed E-state index contributed by atoms with van der Waals surface area (Å²) in [5, 5.41) is 0.585. The molecule has 0 radical (unpaired) electrons. The third-order valence-corrected chi connectivity index (χ3v) is 4.45. The van der Waals surface area contributed by atoms with Gasteiger partial charge in [-0.05, 0) is 37.6 Å². The van der Waals surface area contributed by atoms with E-state index < -0.39 is 0 Å². The average Bonchev–Trinajstić information content (AvgIpc) is 2.58. The zero-order chi connectivity index (χ0) is 17.7. The molecule has 25 heavy (non-hydrogen) atoms. The van der Waals surface area contributed by atoms with Crippen LogP contribution in [0.1, 0.15) is 43.4 Å². The van der Waals surface area contributed by atoms with E-state index in [1.807, 2.05) is 19.1 Å². The van der Waals surface area contributed by atoms with Gasteiger partial charge in [0.05, 0.1) is 11.4 Å². The number of fused-ring (bicyclic) bond motifs is 2. The molecule has 0 atom stereocenters. The topological polar surface area (TPSA) is 59.9 Å². The first-order valence-electron chi connectivity index (χ1n) is 7.80. The van der Waals surface area contributed by atoms with Gasteiger partial charge in [0.1, 0.15) is 11.4 Å². The molecule has 1 heterocycles. The van der Waals surface area contributed by atoms with Gasteiger partial charge in [-0.3, -0.25) is 9.59 Å². The smallest absolute Gasteiger partial charge is 0.214 e. The molecule has 0 bridgehead atoms. The number of aromatic nitrogens is 2. The fraction of sp³-hybridized carbons (Fsp3) is 0.100. The lowest BCUT2D eigenvalue weighted by Crippen LogP contribution is -2.24. The summed E-state index contributed by atoms with van der Waals surface area (Å²) in [6.07, 6.45) is 0. The predicted molar refractivity (Wildman–Crippen MR) is 95.3 cm³/mol. The highest BCUT2D eigenvalue weighted by atomic mass is 35.5. The molecule has 5 heteroatoms. The van der Waals surface area contributed by atoms with Crippen LogP contribution >= 0.6 is 11.6 Å². The highest BCUT2D eigenvalue weighted by molar-refractivity contribution is 6.31. The fourth-order valence-electron chi connectivity index (χ4n) is 3.12. The summed E-state index contributed by atoms with van der Waals surface area (Å²) in [5.41, 5.74) is 3.86. The van der Waals surface area contributed by atoms with Crippen molar-refractivity contribution in [2.24, 2.45) is 0 Å². The molecule has 0 saturated carbocycles. The second-order valence-electron chi connectivity index (χ2n) is 6.08. The third-order valence-electron chi connectivity index (χ3n) is 4.23. The molecule has 3 aromatic rings. The Bertz CT molecular complexity index is 1050. The first-order chi connectivity index (χ1) is 12.0. The molecule has 0 saturated heterocycles. The number of hydrogen-bond acceptors (Lipinski definition) is 4. The summed E-state index contributed by atoms with van der Waals surface area (Å²) in [4.78, 5) is 34.4. The van der Waals surface area contributed by atoms with Crippen LogP contribution in [0.4, 0.5) is 0 Å². The molecular formula is C20H13ClN2O2. The predicted octanol–water partition coefficient (Wildman–Crippen LogP) is 4.19. The molecule has 2 aromatic carbocycles. The number of ketones is 2. The Morgan fingerprint density at radius 1 is 0.800 bits per heavy atom. The molecular weight excluding hydrogens is 336 g/mol. The van der Waals surface area contributed by atoms with Gasteiger partial charge in [-0.2, -0.15) is 0 Å². The van der Waals surface area contributed by atoms with E-state index in [-0.39, 0.29) is 23.0 Å². The standard InChI is InChI=1S/C20H13ClN2O2/c1-10-7-12(9-13(21)8-10)16-11(2)22-17-18(23-16)20(25)15-6-4-3-5-14(15)19(17)24/h3-9H,1-2H3. The van der Waals surface area contributed by atoms with Gasteiger partial charge in [-0.25, -0.2) is 9.97 Å². The number of rotatable bonds is 1. The molecule has 0 amide bonds. The zero-order valence-electron chi connectivity index (χ0n) is 13.6. The van der Waals surface area contributed by atoms with Gasteiger partial charge in [0.25, 0.3) is 0 Å². The molecule has 0 N–H and O–H groups in total. The van der Waals surface area contributed by atoms with Crippen molar-refractivity contribution in [3.05, 3.63) is 81.3 Å². The molecule has 0 unspecified atom stereocenters. The highest BCUT2D eigenvalue weighted by Gasteiger charge is 2.33. The van der Waals surface area contributed by atoms with Crippen LogP contribution in [0.2, 0.25) is 5.02 Å². The van der Waals surface area contributed by atoms with Crippen molar-refractivity contribution >= 4 is 23.2 Å². The van der Waals surface area contributed by atoms with Gasteiger partial charge in [-0.1, -0.05) is 35.9 Å². The van der Waals surface area contributed by atoms with Crippen molar-refractivity contribution in [2.75, 3.05) is 0 Å². The fourth-order valence-corrected chi connectivity index (χ4v) is 3.41. The molecule has 4 rings (SSSR count). The molecule has 4 nitrogen and oxygen atoms in total. The average molecular weight is 349 g/mol. The van der Waals surface area contributed by atoms with Crippen LogP contribution in [0.5, 0.6) is 0 Å². The summed E-state index contributed by atoms with van der Waals surface area (Å²) in [6, 6.07) is 12.3. The highest BCUT2D eigenvalue weighted by Crippen LogP contribution is 2.30. The van der Waals surface area contributed by atoms with Crippen LogP contribution in [-0.2, 0) is 0 Å². The van der Waals surface area contributed by atoms with Crippen LogP contribution in [0.3, 0.4) is 0 Å². The Hall–Kier alpha value is -2.85. The van der Waals surface area contributed by atoms with Crippen LogP contribution in [0, 0.1) is 13.8 Å². The molecule has 122 valence electrons. The van der Waals surface area contributed by atoms with E-state index >= 15 is 0 Å². The van der Waals surface area contributed by atoms with E-state index in [9.17, 15) is 9.59 Å². The summed E-state index contributed by atoms with van der Waals surface area (Å²) in [7, 11) is 0. The van der Waals surface area contributed by atoms with Crippen LogP contribution in [0.15, 0.2) is 42.5 Å². The summed E-state index contributed by atoms with van der Waals surface area (Å²) in [5.74, 6) is -0.549. The number of hydrogen-bond donors (Lipinski definition) is 0. The van der Waals surface area contributed by atoms with E-state index in [0.29, 0.717) is 27.5 Å². The second kappa shape index (κ2) is 5.60. The number of carbonyl (C=O) groups excluding carboxylic acids is 2. The maximum Gasteiger partial charge on any atom is 0.214 e. The lowest BCUT2D eigenvalue weighted by Gasteiger charge is -2.17. The molecule has 1 aliphatic carbocycles. The Kier molecular flexibility index (Phi) is 3.51. The minimum atomic E-state index is -0.280. The Morgan fingerprint density at radius 3 is 2.00 bits per heavy atom. The van der Waals surface area contributed by atoms with E-state index in [2.05, 4.69) is 9.97 Å². The second-order valence-corrected chi connectivity index (χ2v) is 6.51. The SMILES string of the molecule is Cc1cc(Cl)cc(-c2nc3c(nc2C)C(=O)c2ccccc2C3=O)c1. The monoisotopic (exact) mass is 348 g/mol. The lowest BCUT2D eigenvalue weighted by molar-refractivity contribution is 0.0971. The summed E-state index contributed by atoms with van der Waals surface area (Å²) < 4.78 is 0. The van der Waals surface area contributed by atoms with Crippen LogP contribution in [-0.4, -0.2) is 21.5 Å². The van der Waals surface area contributed by atoms with Gasteiger partial charge in [0.15, 0.2) is 0 Å². The minimum absolute atomic E-state index is 0.0990. The van der Waals surface area contributed by atoms with Crippen molar-refractivity contribution in [2.45, 2.75) is 13.8 Å². The maximum absolute atomic E-state index is 12.8. The number of benzene rings is 2. The Balaban J connectivity index is 1.95. The van der Waals surface area contributed by atoms with Crippen molar-refractivity contribution < 1.29 is 9.59 Å². The number of nitrogens with zero attached hydrogens (tertiary/aromatic N) is 2. The quantitative estimate of drug-likeness (QED) is 0.517. The Labute approximate surface area is 149 Å². The van der Waals surface area contributed by atoms with Gasteiger partial charge >= 0.3 is 0 Å². The largest absolute Gasteiger partial charge is 0.287 e. The molecule has 1 aliphatic rings. The maximum atomic E-state index is 12.8. The van der Waals surface area contributed by atoms with Crippen LogP contribution < -0.4 is 0 Å².